The fourth-order valence-corrected chi connectivity index (χ4v) is 3.16. The van der Waals surface area contributed by atoms with Crippen molar-refractivity contribution in [2.75, 3.05) is 14.2 Å². The second-order valence-corrected chi connectivity index (χ2v) is 6.50. The van der Waals surface area contributed by atoms with Gasteiger partial charge in [-0.25, -0.2) is 9.59 Å². The molecule has 0 saturated heterocycles. The zero-order valence-corrected chi connectivity index (χ0v) is 17.6. The molecule has 2 rings (SSSR count). The number of hydrogen-bond donors (Lipinski definition) is 0. The molecule has 0 bridgehead atoms. The molecule has 0 spiro atoms. The Morgan fingerprint density at radius 1 is 0.633 bits per heavy atom. The third kappa shape index (κ3) is 4.83. The van der Waals surface area contributed by atoms with Crippen molar-refractivity contribution in [2.45, 2.75) is 27.7 Å². The summed E-state index contributed by atoms with van der Waals surface area (Å²) in [6.07, 6.45) is 0. The fourth-order valence-electron chi connectivity index (χ4n) is 3.16. The largest absolute Gasteiger partial charge is 0.465 e. The molecule has 0 N–H and O–H groups in total. The first-order valence-electron chi connectivity index (χ1n) is 8.92. The Kier molecular flexibility index (Phi) is 6.94. The summed E-state index contributed by atoms with van der Waals surface area (Å²) in [5, 5.41) is 0. The Morgan fingerprint density at radius 2 is 0.967 bits per heavy atom. The van der Waals surface area contributed by atoms with E-state index >= 15 is 0 Å². The maximum atomic E-state index is 12.5. The van der Waals surface area contributed by atoms with Crippen molar-refractivity contribution in [1.82, 2.24) is 0 Å². The van der Waals surface area contributed by atoms with E-state index in [0.29, 0.717) is 22.3 Å². The van der Waals surface area contributed by atoms with Gasteiger partial charge in [0.15, 0.2) is 0 Å². The molecule has 30 heavy (non-hydrogen) atoms. The lowest BCUT2D eigenvalue weighted by atomic mass is 9.88. The zero-order valence-electron chi connectivity index (χ0n) is 17.6. The first-order valence-corrected chi connectivity index (χ1v) is 8.92. The average Bonchev–Trinajstić information content (AvgIpc) is 2.65. The number of carbonyl (C=O) groups excluding carboxylic acids is 4. The van der Waals surface area contributed by atoms with Crippen molar-refractivity contribution < 1.29 is 38.1 Å². The summed E-state index contributed by atoms with van der Waals surface area (Å²) in [5.41, 5.74) is 2.13. The van der Waals surface area contributed by atoms with E-state index in [1.54, 1.807) is 26.0 Å². The summed E-state index contributed by atoms with van der Waals surface area (Å²) in [6.45, 7) is 5.90. The van der Waals surface area contributed by atoms with Crippen LogP contribution in [0.3, 0.4) is 0 Å². The van der Waals surface area contributed by atoms with Crippen LogP contribution in [0.5, 0.6) is 11.5 Å². The first kappa shape index (κ1) is 22.6. The average molecular weight is 414 g/mol. The number of ether oxygens (including phenoxy) is 4. The number of carbonyl (C=O) groups is 4. The number of esters is 4. The van der Waals surface area contributed by atoms with Crippen LogP contribution in [0.15, 0.2) is 24.3 Å². The molecule has 0 aliphatic carbocycles. The molecule has 0 amide bonds. The van der Waals surface area contributed by atoms with E-state index in [0.717, 1.165) is 0 Å². The number of benzene rings is 2. The summed E-state index contributed by atoms with van der Waals surface area (Å²) >= 11 is 0. The standard InChI is InChI=1S/C22H22O8/c1-11-7-15(29-13(3)23)9-17(21(25)27-5)19(11)20-12(2)8-16(30-14(4)24)10-18(20)22(26)28-6/h7-10H,1-6H3. The third-order valence-electron chi connectivity index (χ3n) is 4.20. The summed E-state index contributed by atoms with van der Waals surface area (Å²) in [5.74, 6) is -2.12. The SMILES string of the molecule is COC(=O)c1cc(OC(C)=O)cc(C)c1-c1c(C)cc(OC(C)=O)cc1C(=O)OC. The molecule has 0 fully saturated rings. The lowest BCUT2D eigenvalue weighted by Crippen LogP contribution is -2.12. The van der Waals surface area contributed by atoms with Crippen LogP contribution >= 0.6 is 0 Å². The molecule has 0 heterocycles. The molecule has 2 aromatic rings. The van der Waals surface area contributed by atoms with Crippen LogP contribution in [0.25, 0.3) is 11.1 Å². The summed E-state index contributed by atoms with van der Waals surface area (Å²) < 4.78 is 20.0. The topological polar surface area (TPSA) is 105 Å². The van der Waals surface area contributed by atoms with Crippen molar-refractivity contribution in [3.63, 3.8) is 0 Å². The summed E-state index contributed by atoms with van der Waals surface area (Å²) in [4.78, 5) is 47.7. The maximum absolute atomic E-state index is 12.5. The summed E-state index contributed by atoms with van der Waals surface area (Å²) in [6, 6.07) is 5.89. The smallest absolute Gasteiger partial charge is 0.338 e. The number of aryl methyl sites for hydroxylation is 2. The van der Waals surface area contributed by atoms with E-state index in [1.165, 1.54) is 40.2 Å². The highest BCUT2D eigenvalue weighted by atomic mass is 16.5. The molecule has 0 saturated carbocycles. The van der Waals surface area contributed by atoms with Gasteiger partial charge in [0, 0.05) is 25.0 Å². The van der Waals surface area contributed by atoms with Crippen molar-refractivity contribution in [3.8, 4) is 22.6 Å². The molecule has 8 nitrogen and oxygen atoms in total. The van der Waals surface area contributed by atoms with Gasteiger partial charge < -0.3 is 18.9 Å². The van der Waals surface area contributed by atoms with Gasteiger partial charge in [0.25, 0.3) is 0 Å². The predicted octanol–water partition coefficient (Wildman–Crippen LogP) is 3.39. The van der Waals surface area contributed by atoms with Gasteiger partial charge in [-0.05, 0) is 49.2 Å². The Morgan fingerprint density at radius 3 is 1.23 bits per heavy atom. The van der Waals surface area contributed by atoms with Crippen LogP contribution in [-0.4, -0.2) is 38.1 Å². The number of rotatable bonds is 5. The monoisotopic (exact) mass is 414 g/mol. The highest BCUT2D eigenvalue weighted by molar-refractivity contribution is 6.05. The quantitative estimate of drug-likeness (QED) is 0.541. The predicted molar refractivity (Wildman–Crippen MR) is 107 cm³/mol. The Bertz CT molecular complexity index is 952. The van der Waals surface area contributed by atoms with Gasteiger partial charge in [-0.3, -0.25) is 9.59 Å². The van der Waals surface area contributed by atoms with Gasteiger partial charge in [0.05, 0.1) is 25.3 Å². The molecular formula is C22H22O8. The van der Waals surface area contributed by atoms with Crippen molar-refractivity contribution in [3.05, 3.63) is 46.5 Å². The minimum Gasteiger partial charge on any atom is -0.465 e. The minimum atomic E-state index is -0.679. The van der Waals surface area contributed by atoms with Gasteiger partial charge in [0.2, 0.25) is 0 Å². The fraction of sp³-hybridized carbons (Fsp3) is 0.273. The Balaban J connectivity index is 2.87. The maximum Gasteiger partial charge on any atom is 0.338 e. The normalized spacial score (nSPS) is 10.2. The molecule has 158 valence electrons. The van der Waals surface area contributed by atoms with E-state index in [2.05, 4.69) is 0 Å². The lowest BCUT2D eigenvalue weighted by molar-refractivity contribution is -0.132. The zero-order chi connectivity index (χ0) is 22.6. The second kappa shape index (κ2) is 9.21. The van der Waals surface area contributed by atoms with E-state index in [1.807, 2.05) is 0 Å². The van der Waals surface area contributed by atoms with Crippen LogP contribution in [-0.2, 0) is 19.1 Å². The van der Waals surface area contributed by atoms with E-state index in [-0.39, 0.29) is 22.6 Å². The molecule has 2 aromatic carbocycles. The molecule has 0 aliphatic rings. The highest BCUT2D eigenvalue weighted by Gasteiger charge is 2.25. The number of methoxy groups -OCH3 is 2. The van der Waals surface area contributed by atoms with Crippen molar-refractivity contribution >= 4 is 23.9 Å². The first-order chi connectivity index (χ1) is 14.1. The minimum absolute atomic E-state index is 0.0993. The summed E-state index contributed by atoms with van der Waals surface area (Å²) in [7, 11) is 2.44. The van der Waals surface area contributed by atoms with Gasteiger partial charge in [-0.2, -0.15) is 0 Å². The molecule has 0 aromatic heterocycles. The molecule has 0 unspecified atom stereocenters. The van der Waals surface area contributed by atoms with Crippen LogP contribution in [0, 0.1) is 13.8 Å². The molecule has 0 radical (unpaired) electrons. The van der Waals surface area contributed by atoms with Crippen LogP contribution in [0.4, 0.5) is 0 Å². The van der Waals surface area contributed by atoms with Gasteiger partial charge >= 0.3 is 23.9 Å². The van der Waals surface area contributed by atoms with E-state index in [9.17, 15) is 19.2 Å². The Labute approximate surface area is 173 Å². The van der Waals surface area contributed by atoms with Crippen LogP contribution in [0.1, 0.15) is 45.7 Å². The van der Waals surface area contributed by atoms with Gasteiger partial charge in [-0.15, -0.1) is 0 Å². The van der Waals surface area contributed by atoms with Crippen LogP contribution < -0.4 is 9.47 Å². The number of hydrogen-bond acceptors (Lipinski definition) is 8. The van der Waals surface area contributed by atoms with Crippen LogP contribution in [0.2, 0.25) is 0 Å². The molecule has 0 aliphatic heterocycles. The second-order valence-electron chi connectivity index (χ2n) is 6.50. The Hall–Kier alpha value is -3.68. The lowest BCUT2D eigenvalue weighted by Gasteiger charge is -2.19. The van der Waals surface area contributed by atoms with Crippen molar-refractivity contribution in [2.24, 2.45) is 0 Å². The van der Waals surface area contributed by atoms with E-state index in [4.69, 9.17) is 18.9 Å². The molecule has 8 heteroatoms. The van der Waals surface area contributed by atoms with E-state index < -0.39 is 23.9 Å². The van der Waals surface area contributed by atoms with Gasteiger partial charge in [-0.1, -0.05) is 0 Å². The highest BCUT2D eigenvalue weighted by Crippen LogP contribution is 2.38. The van der Waals surface area contributed by atoms with Crippen molar-refractivity contribution in [1.29, 1.82) is 0 Å². The molecular weight excluding hydrogens is 392 g/mol. The molecule has 0 atom stereocenters. The third-order valence-corrected chi connectivity index (χ3v) is 4.20. The van der Waals surface area contributed by atoms with Gasteiger partial charge in [0.1, 0.15) is 11.5 Å².